The number of nitrogens with zero attached hydrogens (tertiary/aromatic N) is 1. The predicted molar refractivity (Wildman–Crippen MR) is 73.5 cm³/mol. The highest BCUT2D eigenvalue weighted by Crippen LogP contribution is 2.13. The van der Waals surface area contributed by atoms with Gasteiger partial charge in [0, 0.05) is 26.1 Å². The fourth-order valence-electron chi connectivity index (χ4n) is 2.34. The van der Waals surface area contributed by atoms with Crippen LogP contribution in [0.3, 0.4) is 0 Å². The van der Waals surface area contributed by atoms with Crippen molar-refractivity contribution in [2.45, 2.75) is 39.7 Å². The van der Waals surface area contributed by atoms with Crippen LogP contribution in [0.1, 0.15) is 33.6 Å². The molecule has 0 aromatic heterocycles. The summed E-state index contributed by atoms with van der Waals surface area (Å²) in [6.07, 6.45) is 1.56. The molecule has 0 aromatic carbocycles. The first-order valence-electron chi connectivity index (χ1n) is 7.13. The second kappa shape index (κ2) is 7.87. The Balaban J connectivity index is 2.29. The van der Waals surface area contributed by atoms with Gasteiger partial charge in [-0.3, -0.25) is 9.69 Å². The number of morpholine rings is 1. The molecule has 1 aliphatic heterocycles. The maximum atomic E-state index is 12.0. The van der Waals surface area contributed by atoms with Crippen LogP contribution in [0.4, 0.5) is 0 Å². The van der Waals surface area contributed by atoms with E-state index in [0.717, 1.165) is 39.3 Å². The van der Waals surface area contributed by atoms with Crippen LogP contribution < -0.4 is 5.73 Å². The normalized spacial score (nSPS) is 22.4. The van der Waals surface area contributed by atoms with Gasteiger partial charge in [-0.15, -0.1) is 0 Å². The summed E-state index contributed by atoms with van der Waals surface area (Å²) in [6, 6.07) is -0.290. The Kier molecular flexibility index (Phi) is 6.82. The van der Waals surface area contributed by atoms with E-state index in [2.05, 4.69) is 25.7 Å². The van der Waals surface area contributed by atoms with Crippen molar-refractivity contribution in [3.63, 3.8) is 0 Å². The molecule has 0 aromatic rings. The minimum atomic E-state index is -0.290. The number of nitrogens with two attached hydrogens (primary N) is 1. The number of Topliss-reactive ketones (excluding diaryl/α,β-unsaturated/α-hetero) is 1. The number of hydrogen-bond donors (Lipinski definition) is 1. The Morgan fingerprint density at radius 3 is 2.50 bits per heavy atom. The monoisotopic (exact) mass is 256 g/mol. The smallest absolute Gasteiger partial charge is 0.150 e. The molecule has 2 N–H and O–H groups in total. The van der Waals surface area contributed by atoms with E-state index in [9.17, 15) is 4.79 Å². The van der Waals surface area contributed by atoms with Gasteiger partial charge < -0.3 is 10.5 Å². The van der Waals surface area contributed by atoms with Crippen molar-refractivity contribution in [1.82, 2.24) is 4.90 Å². The van der Waals surface area contributed by atoms with E-state index < -0.39 is 0 Å². The van der Waals surface area contributed by atoms with E-state index in [1.54, 1.807) is 0 Å². The van der Waals surface area contributed by atoms with Crippen molar-refractivity contribution in [1.29, 1.82) is 0 Å². The Labute approximate surface area is 111 Å². The molecule has 3 atom stereocenters. The Morgan fingerprint density at radius 2 is 1.94 bits per heavy atom. The lowest BCUT2D eigenvalue weighted by molar-refractivity contribution is -0.122. The van der Waals surface area contributed by atoms with Crippen molar-refractivity contribution < 1.29 is 9.53 Å². The Morgan fingerprint density at radius 1 is 1.33 bits per heavy atom. The lowest BCUT2D eigenvalue weighted by Crippen LogP contribution is -2.41. The zero-order valence-electron chi connectivity index (χ0n) is 12.0. The minimum absolute atomic E-state index is 0.213. The van der Waals surface area contributed by atoms with E-state index in [1.807, 2.05) is 0 Å². The molecule has 1 aliphatic rings. The number of carbonyl (C=O) groups excluding carboxylic acids is 1. The van der Waals surface area contributed by atoms with Crippen LogP contribution in [0.2, 0.25) is 0 Å². The van der Waals surface area contributed by atoms with Crippen LogP contribution in [0.15, 0.2) is 0 Å². The van der Waals surface area contributed by atoms with Gasteiger partial charge in [-0.05, 0) is 11.8 Å². The third-order valence-corrected chi connectivity index (χ3v) is 3.85. The first kappa shape index (κ1) is 15.6. The number of ether oxygens (including phenoxy) is 1. The van der Waals surface area contributed by atoms with Crippen LogP contribution in [-0.2, 0) is 9.53 Å². The molecule has 3 unspecified atom stereocenters. The van der Waals surface area contributed by atoms with Gasteiger partial charge in [-0.2, -0.15) is 0 Å². The van der Waals surface area contributed by atoms with Gasteiger partial charge >= 0.3 is 0 Å². The van der Waals surface area contributed by atoms with E-state index in [4.69, 9.17) is 10.5 Å². The molecule has 0 saturated carbocycles. The molecule has 0 spiro atoms. The lowest BCUT2D eigenvalue weighted by Gasteiger charge is -2.29. The second-order valence-corrected chi connectivity index (χ2v) is 5.60. The third kappa shape index (κ3) is 5.04. The van der Waals surface area contributed by atoms with Gasteiger partial charge in [0.25, 0.3) is 0 Å². The largest absolute Gasteiger partial charge is 0.379 e. The molecule has 1 saturated heterocycles. The lowest BCUT2D eigenvalue weighted by atomic mass is 9.91. The third-order valence-electron chi connectivity index (χ3n) is 3.85. The van der Waals surface area contributed by atoms with Gasteiger partial charge in [0.1, 0.15) is 5.78 Å². The van der Waals surface area contributed by atoms with Gasteiger partial charge in [-0.25, -0.2) is 0 Å². The molecule has 4 nitrogen and oxygen atoms in total. The summed E-state index contributed by atoms with van der Waals surface area (Å²) in [4.78, 5) is 14.4. The maximum Gasteiger partial charge on any atom is 0.150 e. The fraction of sp³-hybridized carbons (Fsp3) is 0.929. The quantitative estimate of drug-likeness (QED) is 0.745. The standard InChI is InChI=1S/C14H28N2O2/c1-4-12(3)14(15)13(17)9-11(2)10-16-5-7-18-8-6-16/h11-12,14H,4-10,15H2,1-3H3. The van der Waals surface area contributed by atoms with Crippen molar-refractivity contribution in [2.24, 2.45) is 17.6 Å². The summed E-state index contributed by atoms with van der Waals surface area (Å²) in [5.74, 6) is 0.879. The molecule has 18 heavy (non-hydrogen) atoms. The summed E-state index contributed by atoms with van der Waals surface area (Å²) >= 11 is 0. The summed E-state index contributed by atoms with van der Waals surface area (Å²) in [5.41, 5.74) is 5.97. The summed E-state index contributed by atoms with van der Waals surface area (Å²) in [5, 5.41) is 0. The molecule has 0 aliphatic carbocycles. The highest BCUT2D eigenvalue weighted by molar-refractivity contribution is 5.84. The van der Waals surface area contributed by atoms with Crippen LogP contribution in [0, 0.1) is 11.8 Å². The summed E-state index contributed by atoms with van der Waals surface area (Å²) < 4.78 is 5.32. The molecule has 0 amide bonds. The zero-order valence-corrected chi connectivity index (χ0v) is 12.0. The molecular weight excluding hydrogens is 228 g/mol. The molecule has 1 fully saturated rings. The minimum Gasteiger partial charge on any atom is -0.379 e. The average molecular weight is 256 g/mol. The molecular formula is C14H28N2O2. The van der Waals surface area contributed by atoms with E-state index in [0.29, 0.717) is 12.3 Å². The summed E-state index contributed by atoms with van der Waals surface area (Å²) in [7, 11) is 0. The highest BCUT2D eigenvalue weighted by Gasteiger charge is 2.22. The average Bonchev–Trinajstić information content (AvgIpc) is 2.37. The highest BCUT2D eigenvalue weighted by atomic mass is 16.5. The van der Waals surface area contributed by atoms with Crippen LogP contribution in [0.5, 0.6) is 0 Å². The van der Waals surface area contributed by atoms with Crippen molar-refractivity contribution in [2.75, 3.05) is 32.8 Å². The number of hydrogen-bond acceptors (Lipinski definition) is 4. The van der Waals surface area contributed by atoms with E-state index in [-0.39, 0.29) is 17.7 Å². The predicted octanol–water partition coefficient (Wildman–Crippen LogP) is 1.29. The SMILES string of the molecule is CCC(C)C(N)C(=O)CC(C)CN1CCOCC1. The molecule has 0 radical (unpaired) electrons. The van der Waals surface area contributed by atoms with Crippen molar-refractivity contribution in [3.05, 3.63) is 0 Å². The van der Waals surface area contributed by atoms with Gasteiger partial charge in [0.2, 0.25) is 0 Å². The van der Waals surface area contributed by atoms with E-state index >= 15 is 0 Å². The fourth-order valence-corrected chi connectivity index (χ4v) is 2.34. The molecule has 1 rings (SSSR count). The van der Waals surface area contributed by atoms with Crippen molar-refractivity contribution >= 4 is 5.78 Å². The van der Waals surface area contributed by atoms with Crippen LogP contribution in [0.25, 0.3) is 0 Å². The van der Waals surface area contributed by atoms with Crippen LogP contribution >= 0.6 is 0 Å². The first-order chi connectivity index (χ1) is 8.54. The van der Waals surface area contributed by atoms with E-state index in [1.165, 1.54) is 0 Å². The molecule has 4 heteroatoms. The number of rotatable bonds is 7. The van der Waals surface area contributed by atoms with Gasteiger partial charge in [0.15, 0.2) is 0 Å². The summed E-state index contributed by atoms with van der Waals surface area (Å²) in [6.45, 7) is 10.8. The maximum absolute atomic E-state index is 12.0. The second-order valence-electron chi connectivity index (χ2n) is 5.60. The Hall–Kier alpha value is -0.450. The topological polar surface area (TPSA) is 55.6 Å². The first-order valence-corrected chi connectivity index (χ1v) is 7.13. The molecule has 106 valence electrons. The van der Waals surface area contributed by atoms with Crippen molar-refractivity contribution in [3.8, 4) is 0 Å². The Bertz CT molecular complexity index is 252. The number of ketones is 1. The van der Waals surface area contributed by atoms with Crippen LogP contribution in [-0.4, -0.2) is 49.6 Å². The zero-order chi connectivity index (χ0) is 13.5. The molecule has 0 bridgehead atoms. The van der Waals surface area contributed by atoms with Gasteiger partial charge in [-0.1, -0.05) is 27.2 Å². The number of carbonyl (C=O) groups is 1. The van der Waals surface area contributed by atoms with Gasteiger partial charge in [0.05, 0.1) is 19.3 Å². The molecule has 1 heterocycles.